The maximum absolute atomic E-state index is 13.2. The SMILES string of the molecule is COc1cc(C(=O)N2CCC(c3nc(C(=O)Nc4ccc5sc(C)nc5c4)cs3)CC2)nc2ccccc12. The van der Waals surface area contributed by atoms with Crippen LogP contribution in [0.5, 0.6) is 5.75 Å². The van der Waals surface area contributed by atoms with E-state index in [4.69, 9.17) is 4.74 Å². The predicted octanol–water partition coefficient (Wildman–Crippen LogP) is 5.89. The molecule has 0 bridgehead atoms. The van der Waals surface area contributed by atoms with Crippen LogP contribution in [0.15, 0.2) is 53.9 Å². The summed E-state index contributed by atoms with van der Waals surface area (Å²) in [5.74, 6) is 0.518. The van der Waals surface area contributed by atoms with Crippen molar-refractivity contribution in [2.45, 2.75) is 25.7 Å². The van der Waals surface area contributed by atoms with E-state index in [1.54, 1.807) is 29.9 Å². The Balaban J connectivity index is 1.10. The number of benzene rings is 2. The largest absolute Gasteiger partial charge is 0.496 e. The molecule has 2 aromatic carbocycles. The van der Waals surface area contributed by atoms with Gasteiger partial charge in [-0.2, -0.15) is 0 Å². The van der Waals surface area contributed by atoms with Crippen LogP contribution in [0.4, 0.5) is 5.69 Å². The van der Waals surface area contributed by atoms with E-state index in [0.29, 0.717) is 35.9 Å². The lowest BCUT2D eigenvalue weighted by Crippen LogP contribution is -2.38. The molecule has 4 heterocycles. The predicted molar refractivity (Wildman–Crippen MR) is 151 cm³/mol. The van der Waals surface area contributed by atoms with E-state index < -0.39 is 0 Å². The summed E-state index contributed by atoms with van der Waals surface area (Å²) in [5.41, 5.74) is 3.11. The fourth-order valence-electron chi connectivity index (χ4n) is 4.81. The highest BCUT2D eigenvalue weighted by molar-refractivity contribution is 7.18. The zero-order valence-corrected chi connectivity index (χ0v) is 22.6. The van der Waals surface area contributed by atoms with E-state index in [9.17, 15) is 9.59 Å². The average Bonchev–Trinajstić information content (AvgIpc) is 3.58. The van der Waals surface area contributed by atoms with Gasteiger partial charge in [-0.3, -0.25) is 9.59 Å². The summed E-state index contributed by atoms with van der Waals surface area (Å²) in [6.45, 7) is 3.18. The Labute approximate surface area is 227 Å². The van der Waals surface area contributed by atoms with Crippen molar-refractivity contribution >= 4 is 61.3 Å². The Kier molecular flexibility index (Phi) is 6.50. The molecule has 1 saturated heterocycles. The van der Waals surface area contributed by atoms with Gasteiger partial charge in [-0.05, 0) is 50.1 Å². The van der Waals surface area contributed by atoms with E-state index in [-0.39, 0.29) is 17.7 Å². The number of nitrogens with zero attached hydrogens (tertiary/aromatic N) is 4. The van der Waals surface area contributed by atoms with Crippen LogP contribution in [0.1, 0.15) is 49.8 Å². The van der Waals surface area contributed by atoms with Crippen molar-refractivity contribution < 1.29 is 14.3 Å². The van der Waals surface area contributed by atoms with Crippen molar-refractivity contribution in [3.8, 4) is 5.75 Å². The monoisotopic (exact) mass is 543 g/mol. The summed E-state index contributed by atoms with van der Waals surface area (Å²) in [7, 11) is 1.60. The molecule has 0 spiro atoms. The molecule has 1 aliphatic heterocycles. The van der Waals surface area contributed by atoms with Crippen LogP contribution < -0.4 is 10.1 Å². The number of likely N-dealkylation sites (tertiary alicyclic amines) is 1. The van der Waals surface area contributed by atoms with Gasteiger partial charge in [-0.15, -0.1) is 22.7 Å². The molecule has 10 heteroatoms. The summed E-state index contributed by atoms with van der Waals surface area (Å²) >= 11 is 3.13. The summed E-state index contributed by atoms with van der Waals surface area (Å²) in [6, 6.07) is 15.1. The van der Waals surface area contributed by atoms with Crippen molar-refractivity contribution in [2.75, 3.05) is 25.5 Å². The smallest absolute Gasteiger partial charge is 0.275 e. The second kappa shape index (κ2) is 10.1. The molecule has 8 nitrogen and oxygen atoms in total. The number of ether oxygens (including phenoxy) is 1. The molecule has 6 rings (SSSR count). The number of hydrogen-bond donors (Lipinski definition) is 1. The minimum Gasteiger partial charge on any atom is -0.496 e. The van der Waals surface area contributed by atoms with Gasteiger partial charge in [-0.25, -0.2) is 15.0 Å². The Bertz CT molecular complexity index is 1670. The van der Waals surface area contributed by atoms with Crippen LogP contribution in [0.2, 0.25) is 0 Å². The molecule has 0 unspecified atom stereocenters. The van der Waals surface area contributed by atoms with Crippen LogP contribution in [0.3, 0.4) is 0 Å². The lowest BCUT2D eigenvalue weighted by atomic mass is 9.97. The Morgan fingerprint density at radius 3 is 2.63 bits per heavy atom. The van der Waals surface area contributed by atoms with E-state index in [1.807, 2.05) is 54.3 Å². The molecule has 1 fully saturated rings. The number of amides is 2. The zero-order chi connectivity index (χ0) is 26.2. The van der Waals surface area contributed by atoms with Crippen molar-refractivity contribution in [3.63, 3.8) is 0 Å². The molecule has 3 aromatic heterocycles. The van der Waals surface area contributed by atoms with Gasteiger partial charge in [0.25, 0.3) is 11.8 Å². The number of aromatic nitrogens is 3. The summed E-state index contributed by atoms with van der Waals surface area (Å²) < 4.78 is 6.60. The summed E-state index contributed by atoms with van der Waals surface area (Å²) in [4.78, 5) is 41.6. The first-order chi connectivity index (χ1) is 18.5. The van der Waals surface area contributed by atoms with Crippen molar-refractivity contribution in [2.24, 2.45) is 0 Å². The third-order valence-electron chi connectivity index (χ3n) is 6.76. The molecule has 0 aliphatic carbocycles. The Morgan fingerprint density at radius 2 is 1.82 bits per heavy atom. The molecule has 5 aromatic rings. The number of aryl methyl sites for hydroxylation is 1. The molecule has 1 N–H and O–H groups in total. The number of anilines is 1. The van der Waals surface area contributed by atoms with Crippen LogP contribution in [-0.4, -0.2) is 51.9 Å². The molecule has 1 aliphatic rings. The van der Waals surface area contributed by atoms with Crippen LogP contribution >= 0.6 is 22.7 Å². The lowest BCUT2D eigenvalue weighted by Gasteiger charge is -2.31. The van der Waals surface area contributed by atoms with Gasteiger partial charge in [0.05, 0.1) is 32.9 Å². The molecule has 38 heavy (non-hydrogen) atoms. The number of nitrogens with one attached hydrogen (secondary N) is 1. The molecular formula is C28H25N5O3S2. The van der Waals surface area contributed by atoms with Crippen LogP contribution in [0, 0.1) is 6.92 Å². The molecule has 0 radical (unpaired) electrons. The molecule has 0 saturated carbocycles. The normalized spacial score (nSPS) is 14.2. The first kappa shape index (κ1) is 24.4. The third kappa shape index (κ3) is 4.72. The highest BCUT2D eigenvalue weighted by Gasteiger charge is 2.28. The number of carbonyl (C=O) groups is 2. The van der Waals surface area contributed by atoms with Gasteiger partial charge in [0, 0.05) is 41.5 Å². The maximum Gasteiger partial charge on any atom is 0.275 e. The van der Waals surface area contributed by atoms with Gasteiger partial charge >= 0.3 is 0 Å². The van der Waals surface area contributed by atoms with Crippen molar-refractivity contribution in [1.29, 1.82) is 0 Å². The molecule has 192 valence electrons. The number of rotatable bonds is 5. The van der Waals surface area contributed by atoms with E-state index in [0.717, 1.165) is 44.0 Å². The number of para-hydroxylation sites is 1. The lowest BCUT2D eigenvalue weighted by molar-refractivity contribution is 0.0707. The van der Waals surface area contributed by atoms with Gasteiger partial charge in [0.2, 0.25) is 0 Å². The number of thiazole rings is 2. The molecule has 2 amide bonds. The Morgan fingerprint density at radius 1 is 1.00 bits per heavy atom. The minimum absolute atomic E-state index is 0.0982. The number of hydrogen-bond acceptors (Lipinski definition) is 8. The van der Waals surface area contributed by atoms with Gasteiger partial charge < -0.3 is 15.0 Å². The average molecular weight is 544 g/mol. The van der Waals surface area contributed by atoms with Crippen molar-refractivity contribution in [1.82, 2.24) is 19.9 Å². The fraction of sp³-hybridized carbons (Fsp3) is 0.250. The summed E-state index contributed by atoms with van der Waals surface area (Å²) in [6.07, 6.45) is 1.57. The van der Waals surface area contributed by atoms with E-state index in [2.05, 4.69) is 20.3 Å². The zero-order valence-electron chi connectivity index (χ0n) is 20.9. The minimum atomic E-state index is -0.234. The molecule has 0 atom stereocenters. The molecular weight excluding hydrogens is 518 g/mol. The summed E-state index contributed by atoms with van der Waals surface area (Å²) in [5, 5.41) is 7.55. The standard InChI is InChI=1S/C28H25N5O3S2/c1-16-29-21-13-18(7-8-25(21)38-16)30-26(34)23-15-37-27(32-23)17-9-11-33(12-10-17)28(35)22-14-24(36-2)19-5-3-4-6-20(19)31-22/h3-8,13-15,17H,9-12H2,1-2H3,(H,30,34). The van der Waals surface area contributed by atoms with Crippen LogP contribution in [-0.2, 0) is 0 Å². The number of methoxy groups -OCH3 is 1. The van der Waals surface area contributed by atoms with Crippen molar-refractivity contribution in [3.05, 3.63) is 75.3 Å². The third-order valence-corrected chi connectivity index (χ3v) is 8.71. The highest BCUT2D eigenvalue weighted by atomic mass is 32.1. The van der Waals surface area contributed by atoms with E-state index >= 15 is 0 Å². The maximum atomic E-state index is 13.2. The fourth-order valence-corrected chi connectivity index (χ4v) is 6.59. The number of pyridine rings is 1. The Hall–Kier alpha value is -3.89. The second-order valence-corrected chi connectivity index (χ2v) is 11.4. The number of carbonyl (C=O) groups excluding carboxylic acids is 2. The quantitative estimate of drug-likeness (QED) is 0.297. The van der Waals surface area contributed by atoms with Gasteiger partial charge in [-0.1, -0.05) is 12.1 Å². The number of piperidine rings is 1. The topological polar surface area (TPSA) is 97.3 Å². The van der Waals surface area contributed by atoms with Gasteiger partial charge in [0.15, 0.2) is 0 Å². The first-order valence-corrected chi connectivity index (χ1v) is 14.0. The second-order valence-electron chi connectivity index (χ2n) is 9.23. The van der Waals surface area contributed by atoms with Crippen LogP contribution in [0.25, 0.3) is 21.1 Å². The van der Waals surface area contributed by atoms with E-state index in [1.165, 1.54) is 11.3 Å². The van der Waals surface area contributed by atoms with Gasteiger partial charge in [0.1, 0.15) is 17.1 Å². The number of fused-ring (bicyclic) bond motifs is 2. The highest BCUT2D eigenvalue weighted by Crippen LogP contribution is 2.32. The first-order valence-electron chi connectivity index (χ1n) is 12.4.